The smallest absolute Gasteiger partial charge is 0.234 e. The average molecular weight is 170 g/mol. The van der Waals surface area contributed by atoms with Gasteiger partial charge in [0.05, 0.1) is 12.2 Å². The SMILES string of the molecule is CCC(O)CCNC(=O)CC#N. The fourth-order valence-electron chi connectivity index (χ4n) is 0.717. The van der Waals surface area contributed by atoms with E-state index in [0.717, 1.165) is 0 Å². The molecular formula is C8H14N2O2. The number of carbonyl (C=O) groups excluding carboxylic acids is 1. The van der Waals surface area contributed by atoms with Crippen LogP contribution in [0.5, 0.6) is 0 Å². The summed E-state index contributed by atoms with van der Waals surface area (Å²) >= 11 is 0. The van der Waals surface area contributed by atoms with E-state index in [2.05, 4.69) is 5.32 Å². The number of hydrogen-bond acceptors (Lipinski definition) is 3. The fourth-order valence-corrected chi connectivity index (χ4v) is 0.717. The first-order valence-electron chi connectivity index (χ1n) is 4.02. The van der Waals surface area contributed by atoms with Gasteiger partial charge in [0.15, 0.2) is 0 Å². The molecule has 0 rings (SSSR count). The zero-order valence-corrected chi connectivity index (χ0v) is 7.21. The number of amides is 1. The van der Waals surface area contributed by atoms with Gasteiger partial charge in [-0.15, -0.1) is 0 Å². The van der Waals surface area contributed by atoms with Crippen LogP contribution in [0.4, 0.5) is 0 Å². The molecule has 0 aromatic rings. The van der Waals surface area contributed by atoms with Gasteiger partial charge in [-0.05, 0) is 12.8 Å². The van der Waals surface area contributed by atoms with Crippen molar-refractivity contribution in [3.63, 3.8) is 0 Å². The van der Waals surface area contributed by atoms with Crippen LogP contribution in [0.15, 0.2) is 0 Å². The van der Waals surface area contributed by atoms with Gasteiger partial charge in [0.2, 0.25) is 5.91 Å². The summed E-state index contributed by atoms with van der Waals surface area (Å²) in [5.74, 6) is -0.277. The van der Waals surface area contributed by atoms with Crippen molar-refractivity contribution in [2.24, 2.45) is 0 Å². The Morgan fingerprint density at radius 3 is 2.92 bits per heavy atom. The summed E-state index contributed by atoms with van der Waals surface area (Å²) in [7, 11) is 0. The Labute approximate surface area is 72.2 Å². The molecule has 2 N–H and O–H groups in total. The highest BCUT2D eigenvalue weighted by molar-refractivity contribution is 5.77. The van der Waals surface area contributed by atoms with Gasteiger partial charge in [-0.2, -0.15) is 5.26 Å². The zero-order chi connectivity index (χ0) is 9.40. The molecule has 0 bridgehead atoms. The lowest BCUT2D eigenvalue weighted by molar-refractivity contribution is -0.120. The largest absolute Gasteiger partial charge is 0.393 e. The predicted octanol–water partition coefficient (Wildman–Crippen LogP) is 0.177. The van der Waals surface area contributed by atoms with Crippen molar-refractivity contribution in [2.45, 2.75) is 32.3 Å². The van der Waals surface area contributed by atoms with Crippen molar-refractivity contribution in [2.75, 3.05) is 6.54 Å². The Balaban J connectivity index is 3.32. The van der Waals surface area contributed by atoms with E-state index in [1.165, 1.54) is 0 Å². The van der Waals surface area contributed by atoms with Crippen LogP contribution in [0, 0.1) is 11.3 Å². The second-order valence-electron chi connectivity index (χ2n) is 2.54. The quantitative estimate of drug-likeness (QED) is 0.618. The summed E-state index contributed by atoms with van der Waals surface area (Å²) in [5.41, 5.74) is 0. The van der Waals surface area contributed by atoms with Crippen molar-refractivity contribution in [1.82, 2.24) is 5.32 Å². The molecular weight excluding hydrogens is 156 g/mol. The van der Waals surface area contributed by atoms with E-state index < -0.39 is 0 Å². The molecule has 0 aromatic heterocycles. The molecule has 0 aromatic carbocycles. The Hall–Kier alpha value is -1.08. The van der Waals surface area contributed by atoms with Crippen LogP contribution in [0.1, 0.15) is 26.2 Å². The molecule has 0 aliphatic heterocycles. The monoisotopic (exact) mass is 170 g/mol. The van der Waals surface area contributed by atoms with E-state index in [1.54, 1.807) is 6.07 Å². The summed E-state index contributed by atoms with van der Waals surface area (Å²) in [5, 5.41) is 19.7. The minimum Gasteiger partial charge on any atom is -0.393 e. The third kappa shape index (κ3) is 5.69. The Morgan fingerprint density at radius 2 is 2.42 bits per heavy atom. The number of aliphatic hydroxyl groups is 1. The first-order valence-corrected chi connectivity index (χ1v) is 4.02. The van der Waals surface area contributed by atoms with Crippen molar-refractivity contribution in [1.29, 1.82) is 5.26 Å². The molecule has 4 heteroatoms. The minimum atomic E-state index is -0.354. The molecule has 0 spiro atoms. The lowest BCUT2D eigenvalue weighted by atomic mass is 10.2. The number of aliphatic hydroxyl groups excluding tert-OH is 1. The zero-order valence-electron chi connectivity index (χ0n) is 7.21. The standard InChI is InChI=1S/C8H14N2O2/c1-2-7(11)4-6-10-8(12)3-5-9/h7,11H,2-4,6H2,1H3,(H,10,12). The van der Waals surface area contributed by atoms with Gasteiger partial charge in [0.1, 0.15) is 6.42 Å². The van der Waals surface area contributed by atoms with Crippen molar-refractivity contribution in [3.05, 3.63) is 0 Å². The van der Waals surface area contributed by atoms with Crippen LogP contribution in [0.25, 0.3) is 0 Å². The molecule has 0 aliphatic rings. The third-order valence-electron chi connectivity index (χ3n) is 1.51. The maximum atomic E-state index is 10.7. The molecule has 68 valence electrons. The van der Waals surface area contributed by atoms with Gasteiger partial charge >= 0.3 is 0 Å². The van der Waals surface area contributed by atoms with E-state index in [0.29, 0.717) is 19.4 Å². The molecule has 0 saturated carbocycles. The van der Waals surface area contributed by atoms with E-state index in [9.17, 15) is 4.79 Å². The van der Waals surface area contributed by atoms with Gasteiger partial charge in [0.25, 0.3) is 0 Å². The van der Waals surface area contributed by atoms with E-state index in [-0.39, 0.29) is 18.4 Å². The predicted molar refractivity (Wildman–Crippen MR) is 44.2 cm³/mol. The molecule has 0 fully saturated rings. The van der Waals surface area contributed by atoms with Crippen molar-refractivity contribution in [3.8, 4) is 6.07 Å². The molecule has 0 radical (unpaired) electrons. The van der Waals surface area contributed by atoms with Crippen LogP contribution in [0.3, 0.4) is 0 Å². The normalized spacial score (nSPS) is 11.8. The molecule has 1 amide bonds. The van der Waals surface area contributed by atoms with Gasteiger partial charge in [0, 0.05) is 6.54 Å². The van der Waals surface area contributed by atoms with Crippen molar-refractivity contribution >= 4 is 5.91 Å². The Morgan fingerprint density at radius 1 is 1.75 bits per heavy atom. The summed E-state index contributed by atoms with van der Waals surface area (Å²) in [6, 6.07) is 1.75. The van der Waals surface area contributed by atoms with Gasteiger partial charge in [-0.1, -0.05) is 6.92 Å². The number of hydrogen-bond donors (Lipinski definition) is 2. The van der Waals surface area contributed by atoms with Crippen LogP contribution in [-0.4, -0.2) is 23.7 Å². The number of nitrogens with one attached hydrogen (secondary N) is 1. The molecule has 1 unspecified atom stereocenters. The number of rotatable bonds is 5. The highest BCUT2D eigenvalue weighted by Crippen LogP contribution is 1.94. The highest BCUT2D eigenvalue weighted by atomic mass is 16.3. The van der Waals surface area contributed by atoms with Crippen molar-refractivity contribution < 1.29 is 9.90 Å². The summed E-state index contributed by atoms with van der Waals surface area (Å²) in [6.07, 6.45) is 0.775. The van der Waals surface area contributed by atoms with E-state index in [1.807, 2.05) is 6.92 Å². The summed E-state index contributed by atoms with van der Waals surface area (Å²) in [4.78, 5) is 10.7. The third-order valence-corrected chi connectivity index (χ3v) is 1.51. The topological polar surface area (TPSA) is 73.1 Å². The molecule has 0 heterocycles. The van der Waals surface area contributed by atoms with Crippen LogP contribution in [0.2, 0.25) is 0 Å². The second kappa shape index (κ2) is 6.62. The minimum absolute atomic E-state index is 0.109. The highest BCUT2D eigenvalue weighted by Gasteiger charge is 2.02. The van der Waals surface area contributed by atoms with Gasteiger partial charge in [-0.25, -0.2) is 0 Å². The molecule has 12 heavy (non-hydrogen) atoms. The first kappa shape index (κ1) is 10.9. The first-order chi connectivity index (χ1) is 5.70. The van der Waals surface area contributed by atoms with Crippen LogP contribution in [-0.2, 0) is 4.79 Å². The second-order valence-corrected chi connectivity index (χ2v) is 2.54. The van der Waals surface area contributed by atoms with E-state index >= 15 is 0 Å². The van der Waals surface area contributed by atoms with E-state index in [4.69, 9.17) is 10.4 Å². The number of nitrogens with zero attached hydrogens (tertiary/aromatic N) is 1. The Bertz CT molecular complexity index is 174. The molecule has 0 aliphatic carbocycles. The van der Waals surface area contributed by atoms with Crippen LogP contribution >= 0.6 is 0 Å². The van der Waals surface area contributed by atoms with Gasteiger partial charge in [-0.3, -0.25) is 4.79 Å². The molecule has 4 nitrogen and oxygen atoms in total. The maximum Gasteiger partial charge on any atom is 0.234 e. The summed E-state index contributed by atoms with van der Waals surface area (Å²) in [6.45, 7) is 2.32. The summed E-state index contributed by atoms with van der Waals surface area (Å²) < 4.78 is 0. The lowest BCUT2D eigenvalue weighted by Crippen LogP contribution is -2.26. The Kier molecular flexibility index (Phi) is 6.02. The van der Waals surface area contributed by atoms with Gasteiger partial charge < -0.3 is 10.4 Å². The molecule has 1 atom stereocenters. The maximum absolute atomic E-state index is 10.7. The lowest BCUT2D eigenvalue weighted by Gasteiger charge is -2.07. The number of carbonyl (C=O) groups is 1. The molecule has 0 saturated heterocycles. The number of nitriles is 1. The van der Waals surface area contributed by atoms with Crippen LogP contribution < -0.4 is 5.32 Å². The fraction of sp³-hybridized carbons (Fsp3) is 0.750. The average Bonchev–Trinajstić information content (AvgIpc) is 2.04.